The van der Waals surface area contributed by atoms with Crippen LogP contribution in [0.25, 0.3) is 0 Å². The van der Waals surface area contributed by atoms with Crippen LogP contribution in [0.3, 0.4) is 0 Å². The van der Waals surface area contributed by atoms with Gasteiger partial charge in [-0.3, -0.25) is 4.68 Å². The maximum atomic E-state index is 11.7. The highest BCUT2D eigenvalue weighted by atomic mass is 79.9. The van der Waals surface area contributed by atoms with Crippen LogP contribution in [0.4, 0.5) is 0 Å². The lowest BCUT2D eigenvalue weighted by molar-refractivity contribution is 0.425. The van der Waals surface area contributed by atoms with Gasteiger partial charge in [0.05, 0.1) is 28.2 Å². The summed E-state index contributed by atoms with van der Waals surface area (Å²) in [5.74, 6) is 0.267. The summed E-state index contributed by atoms with van der Waals surface area (Å²) in [6.07, 6.45) is 1.56. The van der Waals surface area contributed by atoms with Crippen molar-refractivity contribution in [2.24, 2.45) is 7.05 Å². The molecule has 1 aromatic rings. The molecule has 0 N–H and O–H groups in total. The molecule has 2 heterocycles. The van der Waals surface area contributed by atoms with Gasteiger partial charge < -0.3 is 0 Å². The third-order valence-electron chi connectivity index (χ3n) is 3.03. The van der Waals surface area contributed by atoms with Gasteiger partial charge in [0.25, 0.3) is 0 Å². The maximum Gasteiger partial charge on any atom is 0.214 e. The van der Waals surface area contributed by atoms with E-state index in [9.17, 15) is 8.42 Å². The monoisotopic (exact) mass is 321 g/mol. The second kappa shape index (κ2) is 4.70. The van der Waals surface area contributed by atoms with E-state index < -0.39 is 10.0 Å². The molecule has 0 aliphatic carbocycles. The molecule has 0 unspecified atom stereocenters. The Morgan fingerprint density at radius 3 is 2.65 bits per heavy atom. The van der Waals surface area contributed by atoms with Crippen LogP contribution in [-0.4, -0.2) is 34.8 Å². The zero-order chi connectivity index (χ0) is 12.6. The van der Waals surface area contributed by atoms with Gasteiger partial charge in [-0.15, -0.1) is 0 Å². The van der Waals surface area contributed by atoms with Gasteiger partial charge in [-0.05, 0) is 28.8 Å². The molecule has 1 saturated heterocycles. The lowest BCUT2D eigenvalue weighted by atomic mass is 10.3. The summed E-state index contributed by atoms with van der Waals surface area (Å²) in [6, 6.07) is 0. The van der Waals surface area contributed by atoms with Crippen molar-refractivity contribution in [3.8, 4) is 0 Å². The Hall–Kier alpha value is -0.400. The Labute approximate surface area is 110 Å². The van der Waals surface area contributed by atoms with Crippen molar-refractivity contribution in [3.05, 3.63) is 15.9 Å². The lowest BCUT2D eigenvalue weighted by Crippen LogP contribution is -2.26. The van der Waals surface area contributed by atoms with Crippen molar-refractivity contribution in [2.75, 3.05) is 12.3 Å². The van der Waals surface area contributed by atoms with E-state index in [1.807, 2.05) is 14.0 Å². The van der Waals surface area contributed by atoms with Crippen LogP contribution in [0.1, 0.15) is 24.7 Å². The smallest absolute Gasteiger partial charge is 0.214 e. The predicted molar refractivity (Wildman–Crippen MR) is 69.1 cm³/mol. The third kappa shape index (κ3) is 2.41. The van der Waals surface area contributed by atoms with E-state index >= 15 is 0 Å². The Kier molecular flexibility index (Phi) is 3.61. The quantitative estimate of drug-likeness (QED) is 0.842. The average Bonchev–Trinajstić information content (AvgIpc) is 2.72. The summed E-state index contributed by atoms with van der Waals surface area (Å²) in [6.45, 7) is 3.05. The molecule has 1 fully saturated rings. The van der Waals surface area contributed by atoms with Crippen molar-refractivity contribution in [3.63, 3.8) is 0 Å². The molecule has 2 rings (SSSR count). The molecule has 0 spiro atoms. The summed E-state index contributed by atoms with van der Waals surface area (Å²) < 4.78 is 27.7. The van der Waals surface area contributed by atoms with Gasteiger partial charge in [0.15, 0.2) is 0 Å². The number of halogens is 1. The van der Waals surface area contributed by atoms with Crippen LogP contribution in [0.2, 0.25) is 0 Å². The fourth-order valence-corrected chi connectivity index (χ4v) is 4.25. The van der Waals surface area contributed by atoms with Gasteiger partial charge in [-0.1, -0.05) is 6.92 Å². The van der Waals surface area contributed by atoms with Crippen LogP contribution >= 0.6 is 15.9 Å². The molecule has 17 heavy (non-hydrogen) atoms. The predicted octanol–water partition coefficient (Wildman–Crippen LogP) is 1.28. The van der Waals surface area contributed by atoms with Gasteiger partial charge in [0.2, 0.25) is 10.0 Å². The molecule has 7 heteroatoms. The normalized spacial score (nSPS) is 19.9. The van der Waals surface area contributed by atoms with E-state index in [4.69, 9.17) is 0 Å². The van der Waals surface area contributed by atoms with E-state index in [1.165, 1.54) is 4.31 Å². The van der Waals surface area contributed by atoms with Crippen molar-refractivity contribution < 1.29 is 8.42 Å². The van der Waals surface area contributed by atoms with Crippen LogP contribution in [-0.2, 0) is 30.0 Å². The molecule has 1 aliphatic heterocycles. The van der Waals surface area contributed by atoms with Gasteiger partial charge in [-0.2, -0.15) is 9.40 Å². The summed E-state index contributed by atoms with van der Waals surface area (Å²) in [4.78, 5) is 0. The molecule has 5 nitrogen and oxygen atoms in total. The first kappa shape index (κ1) is 13.0. The Bertz CT molecular complexity index is 524. The number of aryl methyl sites for hydroxylation is 2. The molecule has 0 saturated carbocycles. The molecule has 1 aromatic heterocycles. The summed E-state index contributed by atoms with van der Waals surface area (Å²) in [5.41, 5.74) is 1.89. The first-order valence-corrected chi connectivity index (χ1v) is 8.04. The topological polar surface area (TPSA) is 55.2 Å². The Balaban J connectivity index is 2.28. The zero-order valence-corrected chi connectivity index (χ0v) is 12.4. The number of rotatable bonds is 3. The van der Waals surface area contributed by atoms with Crippen LogP contribution < -0.4 is 0 Å². The third-order valence-corrected chi connectivity index (χ3v) is 5.85. The number of nitrogens with zero attached hydrogens (tertiary/aromatic N) is 3. The first-order chi connectivity index (χ1) is 7.95. The van der Waals surface area contributed by atoms with Gasteiger partial charge in [0, 0.05) is 13.6 Å². The van der Waals surface area contributed by atoms with Gasteiger partial charge in [0.1, 0.15) is 0 Å². The van der Waals surface area contributed by atoms with E-state index in [1.54, 1.807) is 4.68 Å². The largest absolute Gasteiger partial charge is 0.270 e. The minimum absolute atomic E-state index is 0.267. The number of hydrogen-bond acceptors (Lipinski definition) is 3. The van der Waals surface area contributed by atoms with Crippen molar-refractivity contribution in [2.45, 2.75) is 26.3 Å². The maximum absolute atomic E-state index is 11.7. The highest BCUT2D eigenvalue weighted by molar-refractivity contribution is 9.10. The standard InChI is InChI=1S/C10H16BrN3O2S/c1-3-8-10(11)9(13(2)12-8)7-14-5-4-6-17(14,15)16/h3-7H2,1-2H3. The molecular formula is C10H16BrN3O2S. The molecule has 0 bridgehead atoms. The molecule has 0 aromatic carbocycles. The lowest BCUT2D eigenvalue weighted by Gasteiger charge is -2.14. The number of hydrogen-bond donors (Lipinski definition) is 0. The summed E-state index contributed by atoms with van der Waals surface area (Å²) >= 11 is 3.50. The second-order valence-corrected chi connectivity index (χ2v) is 7.07. The van der Waals surface area contributed by atoms with Crippen molar-refractivity contribution >= 4 is 26.0 Å². The summed E-state index contributed by atoms with van der Waals surface area (Å²) in [5, 5.41) is 4.37. The molecule has 0 atom stereocenters. The average molecular weight is 322 g/mol. The SMILES string of the molecule is CCc1nn(C)c(CN2CCCS2(=O)=O)c1Br. The number of aromatic nitrogens is 2. The minimum Gasteiger partial charge on any atom is -0.270 e. The Morgan fingerprint density at radius 2 is 2.18 bits per heavy atom. The molecule has 1 aliphatic rings. The second-order valence-electron chi connectivity index (χ2n) is 4.19. The van der Waals surface area contributed by atoms with E-state index in [0.717, 1.165) is 28.7 Å². The Morgan fingerprint density at radius 1 is 1.47 bits per heavy atom. The molecular weight excluding hydrogens is 306 g/mol. The highest BCUT2D eigenvalue weighted by Gasteiger charge is 2.29. The minimum atomic E-state index is -3.04. The molecule has 96 valence electrons. The first-order valence-electron chi connectivity index (χ1n) is 5.63. The van der Waals surface area contributed by atoms with Gasteiger partial charge >= 0.3 is 0 Å². The van der Waals surface area contributed by atoms with Crippen LogP contribution in [0, 0.1) is 0 Å². The van der Waals surface area contributed by atoms with Crippen molar-refractivity contribution in [1.82, 2.24) is 14.1 Å². The van der Waals surface area contributed by atoms with Crippen LogP contribution in [0.5, 0.6) is 0 Å². The van der Waals surface area contributed by atoms with E-state index in [2.05, 4.69) is 21.0 Å². The fraction of sp³-hybridized carbons (Fsp3) is 0.700. The summed E-state index contributed by atoms with van der Waals surface area (Å²) in [7, 11) is -1.20. The zero-order valence-electron chi connectivity index (χ0n) is 9.98. The van der Waals surface area contributed by atoms with Gasteiger partial charge in [-0.25, -0.2) is 8.42 Å². The van der Waals surface area contributed by atoms with E-state index in [0.29, 0.717) is 13.1 Å². The fourth-order valence-electron chi connectivity index (χ4n) is 2.03. The van der Waals surface area contributed by atoms with Crippen molar-refractivity contribution in [1.29, 1.82) is 0 Å². The van der Waals surface area contributed by atoms with Crippen LogP contribution in [0.15, 0.2) is 4.47 Å². The molecule has 0 radical (unpaired) electrons. The van der Waals surface area contributed by atoms with E-state index in [-0.39, 0.29) is 5.75 Å². The molecule has 0 amide bonds. The highest BCUT2D eigenvalue weighted by Crippen LogP contribution is 2.25. The number of sulfonamides is 1.